The van der Waals surface area contributed by atoms with Crippen molar-refractivity contribution in [2.24, 2.45) is 0 Å². The van der Waals surface area contributed by atoms with Gasteiger partial charge < -0.3 is 9.84 Å². The molecule has 0 heterocycles. The molecule has 0 spiro atoms. The number of aromatic hydroxyl groups is 1. The van der Waals surface area contributed by atoms with E-state index in [2.05, 4.69) is 15.9 Å². The van der Waals surface area contributed by atoms with Crippen molar-refractivity contribution in [3.8, 4) is 17.2 Å². The molecule has 2 aromatic rings. The van der Waals surface area contributed by atoms with Gasteiger partial charge >= 0.3 is 6.18 Å². The lowest BCUT2D eigenvalue weighted by Gasteiger charge is -2.16. The molecule has 0 aliphatic heterocycles. The molecule has 0 saturated heterocycles. The van der Waals surface area contributed by atoms with Crippen LogP contribution in [0.3, 0.4) is 0 Å². The average Bonchev–Trinajstić information content (AvgIpc) is 2.37. The van der Waals surface area contributed by atoms with Gasteiger partial charge in [0.15, 0.2) is 11.5 Å². The monoisotopic (exact) mass is 400 g/mol. The Morgan fingerprint density at radius 2 is 1.67 bits per heavy atom. The van der Waals surface area contributed by atoms with Gasteiger partial charge in [0.2, 0.25) is 0 Å². The van der Waals surface area contributed by atoms with Crippen molar-refractivity contribution in [1.82, 2.24) is 0 Å². The van der Waals surface area contributed by atoms with E-state index in [4.69, 9.17) is 27.9 Å². The summed E-state index contributed by atoms with van der Waals surface area (Å²) in [4.78, 5) is 0. The number of phenols is 1. The van der Waals surface area contributed by atoms with Crippen LogP contribution in [0, 0.1) is 0 Å². The van der Waals surface area contributed by atoms with Gasteiger partial charge in [-0.3, -0.25) is 0 Å². The standard InChI is InChI=1S/C13H6BrCl2F3O2/c14-8-5-9(21-7-3-1-6(15)2-4-7)12(20)10(11(8)16)13(17,18)19/h1-5,20H. The minimum Gasteiger partial charge on any atom is -0.504 e. The van der Waals surface area contributed by atoms with E-state index in [1.165, 1.54) is 24.3 Å². The maximum atomic E-state index is 12.9. The highest BCUT2D eigenvalue weighted by Crippen LogP contribution is 2.49. The highest BCUT2D eigenvalue weighted by Gasteiger charge is 2.39. The maximum Gasteiger partial charge on any atom is 0.421 e. The second-order valence-electron chi connectivity index (χ2n) is 3.95. The van der Waals surface area contributed by atoms with Gasteiger partial charge in [0.05, 0.1) is 5.02 Å². The van der Waals surface area contributed by atoms with Gasteiger partial charge in [-0.15, -0.1) is 0 Å². The molecule has 0 bridgehead atoms. The lowest BCUT2D eigenvalue weighted by Crippen LogP contribution is -2.07. The first-order chi connectivity index (χ1) is 9.70. The Hall–Kier alpha value is -1.11. The molecule has 0 aromatic heterocycles. The van der Waals surface area contributed by atoms with Crippen LogP contribution in [0.4, 0.5) is 13.2 Å². The molecule has 1 N–H and O–H groups in total. The number of alkyl halides is 3. The number of halogens is 6. The van der Waals surface area contributed by atoms with E-state index in [0.29, 0.717) is 5.02 Å². The number of phenolic OH excluding ortho intramolecular Hbond substituents is 1. The van der Waals surface area contributed by atoms with E-state index < -0.39 is 22.5 Å². The van der Waals surface area contributed by atoms with Gasteiger partial charge in [0.25, 0.3) is 0 Å². The second kappa shape index (κ2) is 5.94. The van der Waals surface area contributed by atoms with Crippen LogP contribution in [0.5, 0.6) is 17.2 Å². The first kappa shape index (κ1) is 16.3. The normalized spacial score (nSPS) is 11.5. The second-order valence-corrected chi connectivity index (χ2v) is 5.62. The van der Waals surface area contributed by atoms with Crippen molar-refractivity contribution in [2.75, 3.05) is 0 Å². The Balaban J connectivity index is 2.50. The number of ether oxygens (including phenoxy) is 1. The summed E-state index contributed by atoms with van der Waals surface area (Å²) in [6.07, 6.45) is -4.82. The van der Waals surface area contributed by atoms with Crippen molar-refractivity contribution >= 4 is 39.1 Å². The van der Waals surface area contributed by atoms with Gasteiger partial charge in [-0.1, -0.05) is 23.2 Å². The van der Waals surface area contributed by atoms with Gasteiger partial charge in [0, 0.05) is 15.6 Å². The van der Waals surface area contributed by atoms with E-state index in [-0.39, 0.29) is 16.0 Å². The fraction of sp³-hybridized carbons (Fsp3) is 0.0769. The van der Waals surface area contributed by atoms with Crippen molar-refractivity contribution in [1.29, 1.82) is 0 Å². The molecule has 0 saturated carbocycles. The van der Waals surface area contributed by atoms with Crippen molar-refractivity contribution in [2.45, 2.75) is 6.18 Å². The van der Waals surface area contributed by atoms with Crippen LogP contribution < -0.4 is 4.74 Å². The quantitative estimate of drug-likeness (QED) is 0.642. The summed E-state index contributed by atoms with van der Waals surface area (Å²) in [7, 11) is 0. The minimum atomic E-state index is -4.82. The SMILES string of the molecule is Oc1c(Oc2ccc(Cl)cc2)cc(Br)c(Cl)c1C(F)(F)F. The molecule has 2 aromatic carbocycles. The Morgan fingerprint density at radius 1 is 1.10 bits per heavy atom. The molecule has 2 rings (SSSR count). The fourth-order valence-corrected chi connectivity index (χ4v) is 2.34. The summed E-state index contributed by atoms with van der Waals surface area (Å²) < 4.78 is 44.0. The first-order valence-electron chi connectivity index (χ1n) is 5.41. The molecule has 0 amide bonds. The fourth-order valence-electron chi connectivity index (χ4n) is 1.56. The lowest BCUT2D eigenvalue weighted by atomic mass is 10.1. The molecule has 0 fully saturated rings. The van der Waals surface area contributed by atoms with Gasteiger partial charge in [0.1, 0.15) is 11.3 Å². The molecule has 0 aliphatic carbocycles. The molecular formula is C13H6BrCl2F3O2. The summed E-state index contributed by atoms with van der Waals surface area (Å²) in [6, 6.07) is 7.07. The van der Waals surface area contributed by atoms with Gasteiger partial charge in [-0.25, -0.2) is 0 Å². The smallest absolute Gasteiger partial charge is 0.421 e. The number of hydrogen-bond donors (Lipinski definition) is 1. The first-order valence-corrected chi connectivity index (χ1v) is 6.96. The van der Waals surface area contributed by atoms with Crippen molar-refractivity contribution in [3.63, 3.8) is 0 Å². The van der Waals surface area contributed by atoms with Crippen LogP contribution in [-0.4, -0.2) is 5.11 Å². The molecular weight excluding hydrogens is 396 g/mol. The summed E-state index contributed by atoms with van der Waals surface area (Å²) in [5, 5.41) is 9.58. The zero-order valence-corrected chi connectivity index (χ0v) is 13.1. The van der Waals surface area contributed by atoms with E-state index in [1.54, 1.807) is 0 Å². The van der Waals surface area contributed by atoms with Crippen LogP contribution >= 0.6 is 39.1 Å². The maximum absolute atomic E-state index is 12.9. The van der Waals surface area contributed by atoms with Crippen LogP contribution in [0.1, 0.15) is 5.56 Å². The van der Waals surface area contributed by atoms with Crippen molar-refractivity contribution < 1.29 is 23.0 Å². The summed E-state index contributed by atoms with van der Waals surface area (Å²) in [5.41, 5.74) is -1.36. The van der Waals surface area contributed by atoms with Gasteiger partial charge in [-0.05, 0) is 40.2 Å². The molecule has 8 heteroatoms. The average molecular weight is 402 g/mol. The molecule has 21 heavy (non-hydrogen) atoms. The highest BCUT2D eigenvalue weighted by molar-refractivity contribution is 9.10. The molecule has 0 unspecified atom stereocenters. The topological polar surface area (TPSA) is 29.5 Å². The number of rotatable bonds is 2. The van der Waals surface area contributed by atoms with Crippen molar-refractivity contribution in [3.05, 3.63) is 50.4 Å². The minimum absolute atomic E-state index is 0.0433. The third-order valence-corrected chi connectivity index (χ3v) is 3.98. The largest absolute Gasteiger partial charge is 0.504 e. The Kier molecular flexibility index (Phi) is 4.60. The number of benzene rings is 2. The lowest BCUT2D eigenvalue weighted by molar-refractivity contribution is -0.138. The zero-order chi connectivity index (χ0) is 15.8. The molecule has 0 aliphatic rings. The number of hydrogen-bond acceptors (Lipinski definition) is 2. The summed E-state index contributed by atoms with van der Waals surface area (Å²) in [6.45, 7) is 0. The molecule has 0 atom stereocenters. The van der Waals surface area contributed by atoms with Crippen LogP contribution in [0.15, 0.2) is 34.8 Å². The highest BCUT2D eigenvalue weighted by atomic mass is 79.9. The van der Waals surface area contributed by atoms with E-state index >= 15 is 0 Å². The van der Waals surface area contributed by atoms with Crippen LogP contribution in [-0.2, 0) is 6.18 Å². The predicted octanol–water partition coefficient (Wildman–Crippen LogP) is 6.27. The Morgan fingerprint density at radius 3 is 2.19 bits per heavy atom. The zero-order valence-electron chi connectivity index (χ0n) is 10.0. The third-order valence-electron chi connectivity index (χ3n) is 2.48. The molecule has 2 nitrogen and oxygen atoms in total. The molecule has 0 radical (unpaired) electrons. The summed E-state index contributed by atoms with van der Waals surface area (Å²) >= 11 is 14.2. The van der Waals surface area contributed by atoms with Crippen LogP contribution in [0.25, 0.3) is 0 Å². The third kappa shape index (κ3) is 3.56. The predicted molar refractivity (Wildman–Crippen MR) is 77.3 cm³/mol. The molecule has 112 valence electrons. The Labute approximate surface area is 136 Å². The van der Waals surface area contributed by atoms with Crippen LogP contribution in [0.2, 0.25) is 10.0 Å². The van der Waals surface area contributed by atoms with E-state index in [1.807, 2.05) is 0 Å². The van der Waals surface area contributed by atoms with Gasteiger partial charge in [-0.2, -0.15) is 13.2 Å². The van der Waals surface area contributed by atoms with E-state index in [9.17, 15) is 18.3 Å². The summed E-state index contributed by atoms with van der Waals surface area (Å²) in [5.74, 6) is -1.23. The van der Waals surface area contributed by atoms with E-state index in [0.717, 1.165) is 6.07 Å². The Bertz CT molecular complexity index is 673.